The average Bonchev–Trinajstić information content (AvgIpc) is 2.53. The number of nitro groups is 1. The fourth-order valence-electron chi connectivity index (χ4n) is 2.64. The summed E-state index contributed by atoms with van der Waals surface area (Å²) >= 11 is 0. The van der Waals surface area contributed by atoms with E-state index >= 15 is 0 Å². The van der Waals surface area contributed by atoms with E-state index in [0.717, 1.165) is 5.56 Å². The van der Waals surface area contributed by atoms with Gasteiger partial charge in [-0.15, -0.1) is 0 Å². The molecule has 0 saturated carbocycles. The van der Waals surface area contributed by atoms with Gasteiger partial charge in [-0.3, -0.25) is 10.1 Å². The molecule has 0 heterocycles. The van der Waals surface area contributed by atoms with Crippen LogP contribution in [0, 0.1) is 17.0 Å². The second kappa shape index (κ2) is 7.73. The van der Waals surface area contributed by atoms with Crippen LogP contribution in [0.15, 0.2) is 53.4 Å². The van der Waals surface area contributed by atoms with E-state index < -0.39 is 26.7 Å². The van der Waals surface area contributed by atoms with E-state index in [2.05, 4.69) is 4.72 Å². The van der Waals surface area contributed by atoms with Crippen LogP contribution >= 0.6 is 0 Å². The van der Waals surface area contributed by atoms with Gasteiger partial charge in [-0.25, -0.2) is 13.1 Å². The molecule has 8 heteroatoms. The molecule has 0 aliphatic heterocycles. The average molecular weight is 363 g/mol. The van der Waals surface area contributed by atoms with Gasteiger partial charge in [0.05, 0.1) is 11.0 Å². The first-order chi connectivity index (χ1) is 11.7. The number of aryl methyl sites for hydroxylation is 1. The number of likely N-dealkylation sites (N-methyl/N-ethyl adjacent to an activating group) is 1. The molecule has 0 aliphatic carbocycles. The lowest BCUT2D eigenvalue weighted by Gasteiger charge is -2.23. The lowest BCUT2D eigenvalue weighted by molar-refractivity contribution is -0.387. The quantitative estimate of drug-likeness (QED) is 0.603. The Morgan fingerprint density at radius 3 is 2.32 bits per heavy atom. The molecule has 0 aromatic heterocycles. The summed E-state index contributed by atoms with van der Waals surface area (Å²) < 4.78 is 28.4. The van der Waals surface area contributed by atoms with Crippen LogP contribution in [-0.2, 0) is 10.0 Å². The van der Waals surface area contributed by atoms with Crippen molar-refractivity contribution in [1.29, 1.82) is 0 Å². The fraction of sp³-hybridized carbons (Fsp3) is 0.294. The van der Waals surface area contributed by atoms with E-state index in [1.54, 1.807) is 13.0 Å². The molecule has 2 rings (SSSR count). The van der Waals surface area contributed by atoms with Crippen LogP contribution in [0.4, 0.5) is 5.69 Å². The molecule has 7 nitrogen and oxygen atoms in total. The molecule has 0 fully saturated rings. The second-order valence-electron chi connectivity index (χ2n) is 6.03. The maximum Gasteiger partial charge on any atom is 0.289 e. The van der Waals surface area contributed by atoms with E-state index in [0.29, 0.717) is 12.1 Å². The zero-order valence-corrected chi connectivity index (χ0v) is 15.2. The van der Waals surface area contributed by atoms with E-state index in [9.17, 15) is 18.5 Å². The van der Waals surface area contributed by atoms with E-state index in [1.165, 1.54) is 12.1 Å². The van der Waals surface area contributed by atoms with Gasteiger partial charge in [0.2, 0.25) is 10.0 Å². The smallest absolute Gasteiger partial charge is 0.289 e. The van der Waals surface area contributed by atoms with Crippen LogP contribution in [0.5, 0.6) is 0 Å². The Labute approximate surface area is 147 Å². The van der Waals surface area contributed by atoms with Crippen molar-refractivity contribution < 1.29 is 13.3 Å². The van der Waals surface area contributed by atoms with Crippen molar-refractivity contribution in [1.82, 2.24) is 9.62 Å². The van der Waals surface area contributed by atoms with Gasteiger partial charge in [0.1, 0.15) is 0 Å². The summed E-state index contributed by atoms with van der Waals surface area (Å²) in [5.74, 6) is 0. The first kappa shape index (κ1) is 19.0. The normalized spacial score (nSPS) is 13.0. The first-order valence-electron chi connectivity index (χ1n) is 7.68. The third-order valence-electron chi connectivity index (χ3n) is 3.70. The summed E-state index contributed by atoms with van der Waals surface area (Å²) in [5.41, 5.74) is 0.693. The lowest BCUT2D eigenvalue weighted by atomic mass is 10.1. The second-order valence-corrected chi connectivity index (χ2v) is 7.68. The Morgan fingerprint density at radius 2 is 1.76 bits per heavy atom. The molecule has 0 spiro atoms. The highest BCUT2D eigenvalue weighted by Gasteiger charge is 2.30. The minimum absolute atomic E-state index is 0.292. The minimum Gasteiger partial charge on any atom is -0.307 e. The number of benzene rings is 2. The van der Waals surface area contributed by atoms with Crippen LogP contribution in [0.3, 0.4) is 0 Å². The maximum atomic E-state index is 12.9. The van der Waals surface area contributed by atoms with Gasteiger partial charge in [-0.05, 0) is 32.1 Å². The summed E-state index contributed by atoms with van der Waals surface area (Å²) in [6, 6.07) is 12.8. The van der Waals surface area contributed by atoms with Crippen molar-refractivity contribution in [3.05, 3.63) is 69.8 Å². The molecule has 134 valence electrons. The Kier molecular flexibility index (Phi) is 5.89. The Balaban J connectivity index is 2.47. The molecule has 1 N–H and O–H groups in total. The molecule has 25 heavy (non-hydrogen) atoms. The van der Waals surface area contributed by atoms with Gasteiger partial charge in [-0.1, -0.05) is 42.5 Å². The van der Waals surface area contributed by atoms with Gasteiger partial charge in [-0.2, -0.15) is 0 Å². The molecule has 1 unspecified atom stereocenters. The molecular formula is C17H21N3O4S. The number of hydrogen-bond acceptors (Lipinski definition) is 5. The third-order valence-corrected chi connectivity index (χ3v) is 5.37. The highest BCUT2D eigenvalue weighted by Crippen LogP contribution is 2.28. The summed E-state index contributed by atoms with van der Waals surface area (Å²) in [6.07, 6.45) is 0. The number of sulfonamides is 1. The predicted molar refractivity (Wildman–Crippen MR) is 95.9 cm³/mol. The Hall–Kier alpha value is -2.29. The monoisotopic (exact) mass is 363 g/mol. The van der Waals surface area contributed by atoms with Crippen molar-refractivity contribution in [2.45, 2.75) is 17.9 Å². The zero-order chi connectivity index (χ0) is 18.6. The van der Waals surface area contributed by atoms with Gasteiger partial charge in [0.25, 0.3) is 5.69 Å². The molecule has 0 saturated heterocycles. The molecular weight excluding hydrogens is 342 g/mol. The van der Waals surface area contributed by atoms with E-state index in [1.807, 2.05) is 49.3 Å². The maximum absolute atomic E-state index is 12.9. The van der Waals surface area contributed by atoms with Crippen LogP contribution in [0.25, 0.3) is 0 Å². The largest absolute Gasteiger partial charge is 0.307 e. The third kappa shape index (κ3) is 4.62. The first-order valence-corrected chi connectivity index (χ1v) is 9.16. The summed E-state index contributed by atoms with van der Waals surface area (Å²) in [4.78, 5) is 12.1. The van der Waals surface area contributed by atoms with Crippen molar-refractivity contribution >= 4 is 15.7 Å². The molecule has 1 atom stereocenters. The standard InChI is InChI=1S/C17H21N3O4S/c1-13-8-7-11-16(20(21)22)17(13)25(23,24)18-15(12-19(2)3)14-9-5-4-6-10-14/h4-11,15,18H,12H2,1-3H3. The number of hydrogen-bond donors (Lipinski definition) is 1. The molecule has 0 bridgehead atoms. The SMILES string of the molecule is Cc1cccc([N+](=O)[O-])c1S(=O)(=O)NC(CN(C)C)c1ccccc1. The van der Waals surface area contributed by atoms with Crippen molar-refractivity contribution in [2.75, 3.05) is 20.6 Å². The van der Waals surface area contributed by atoms with Crippen molar-refractivity contribution in [2.24, 2.45) is 0 Å². The van der Waals surface area contributed by atoms with Gasteiger partial charge in [0, 0.05) is 12.6 Å². The summed E-state index contributed by atoms with van der Waals surface area (Å²) in [6.45, 7) is 1.97. The Morgan fingerprint density at radius 1 is 1.12 bits per heavy atom. The van der Waals surface area contributed by atoms with Gasteiger partial charge < -0.3 is 4.90 Å². The van der Waals surface area contributed by atoms with Crippen molar-refractivity contribution in [3.63, 3.8) is 0 Å². The predicted octanol–water partition coefficient (Wildman–Crippen LogP) is 2.48. The number of nitro benzene ring substituents is 1. The lowest BCUT2D eigenvalue weighted by Crippen LogP contribution is -2.35. The fourth-order valence-corrected chi connectivity index (χ4v) is 4.25. The zero-order valence-electron chi connectivity index (χ0n) is 14.3. The number of nitrogens with one attached hydrogen (secondary N) is 1. The topological polar surface area (TPSA) is 92.5 Å². The highest BCUT2D eigenvalue weighted by molar-refractivity contribution is 7.89. The molecule has 0 radical (unpaired) electrons. The van der Waals surface area contributed by atoms with Crippen LogP contribution in [-0.4, -0.2) is 38.9 Å². The molecule has 0 amide bonds. The Bertz CT molecular complexity index is 851. The van der Waals surface area contributed by atoms with Gasteiger partial charge in [0.15, 0.2) is 4.90 Å². The molecule has 0 aliphatic rings. The van der Waals surface area contributed by atoms with Crippen molar-refractivity contribution in [3.8, 4) is 0 Å². The minimum atomic E-state index is -4.08. The summed E-state index contributed by atoms with van der Waals surface area (Å²) in [5, 5.41) is 11.3. The number of nitrogens with zero attached hydrogens (tertiary/aromatic N) is 2. The van der Waals surface area contributed by atoms with E-state index in [-0.39, 0.29) is 4.90 Å². The van der Waals surface area contributed by atoms with Gasteiger partial charge >= 0.3 is 0 Å². The number of rotatable bonds is 7. The highest BCUT2D eigenvalue weighted by atomic mass is 32.2. The van der Waals surface area contributed by atoms with Crippen LogP contribution in [0.2, 0.25) is 0 Å². The molecule has 2 aromatic rings. The van der Waals surface area contributed by atoms with E-state index in [4.69, 9.17) is 0 Å². The van der Waals surface area contributed by atoms with Crippen LogP contribution in [0.1, 0.15) is 17.2 Å². The summed E-state index contributed by atoms with van der Waals surface area (Å²) in [7, 11) is -0.410. The molecule has 2 aromatic carbocycles. The van der Waals surface area contributed by atoms with Crippen LogP contribution < -0.4 is 4.72 Å².